The lowest BCUT2D eigenvalue weighted by molar-refractivity contribution is -0.137. The maximum absolute atomic E-state index is 14.4. The number of rotatable bonds is 7. The average molecular weight is 395 g/mol. The number of carboxylic acids is 1. The van der Waals surface area contributed by atoms with E-state index in [1.807, 2.05) is 0 Å². The Morgan fingerprint density at radius 1 is 1.37 bits per heavy atom. The van der Waals surface area contributed by atoms with Gasteiger partial charge in [-0.15, -0.1) is 11.3 Å². The van der Waals surface area contributed by atoms with Gasteiger partial charge >= 0.3 is 5.97 Å². The van der Waals surface area contributed by atoms with Crippen molar-refractivity contribution < 1.29 is 28.6 Å². The van der Waals surface area contributed by atoms with Gasteiger partial charge in [-0.2, -0.15) is 0 Å². The van der Waals surface area contributed by atoms with E-state index in [0.717, 1.165) is 0 Å². The van der Waals surface area contributed by atoms with Gasteiger partial charge in [-0.3, -0.25) is 9.59 Å². The molecule has 146 valence electrons. The number of methoxy groups -OCH3 is 1. The van der Waals surface area contributed by atoms with Crippen LogP contribution in [0.25, 0.3) is 10.1 Å². The van der Waals surface area contributed by atoms with Crippen molar-refractivity contribution in [2.45, 2.75) is 31.9 Å². The van der Waals surface area contributed by atoms with Crippen LogP contribution in [0.4, 0.5) is 4.39 Å². The number of thiophene rings is 1. The molecule has 8 heteroatoms. The number of hydrogen-bond donors (Lipinski definition) is 1. The van der Waals surface area contributed by atoms with Gasteiger partial charge in [0.05, 0.1) is 17.9 Å². The molecule has 27 heavy (non-hydrogen) atoms. The van der Waals surface area contributed by atoms with Gasteiger partial charge in [0, 0.05) is 48.6 Å². The summed E-state index contributed by atoms with van der Waals surface area (Å²) in [5.74, 6) is -1.62. The molecule has 1 aromatic heterocycles. The number of nitrogens with zero attached hydrogens (tertiary/aromatic N) is 1. The Morgan fingerprint density at radius 3 is 2.78 bits per heavy atom. The maximum atomic E-state index is 14.4. The molecule has 6 nitrogen and oxygen atoms in total. The average Bonchev–Trinajstić information content (AvgIpc) is 3.02. The number of carboxylic acid groups (broad SMARTS) is 1. The van der Waals surface area contributed by atoms with Crippen molar-refractivity contribution in [1.82, 2.24) is 4.90 Å². The first-order chi connectivity index (χ1) is 13.0. The molecule has 0 atom stereocenters. The van der Waals surface area contributed by atoms with Crippen molar-refractivity contribution in [3.63, 3.8) is 0 Å². The van der Waals surface area contributed by atoms with Crippen LogP contribution in [0.5, 0.6) is 0 Å². The van der Waals surface area contributed by atoms with E-state index in [1.54, 1.807) is 17.0 Å². The number of benzene rings is 1. The van der Waals surface area contributed by atoms with Gasteiger partial charge < -0.3 is 19.5 Å². The summed E-state index contributed by atoms with van der Waals surface area (Å²) in [6, 6.07) is 4.66. The highest BCUT2D eigenvalue weighted by Crippen LogP contribution is 2.35. The highest BCUT2D eigenvalue weighted by molar-refractivity contribution is 7.21. The fraction of sp³-hybridized carbons (Fsp3) is 0.474. The number of hydrogen-bond acceptors (Lipinski definition) is 5. The Bertz CT molecular complexity index is 831. The second-order valence-corrected chi connectivity index (χ2v) is 7.49. The summed E-state index contributed by atoms with van der Waals surface area (Å²) in [5, 5.41) is 9.47. The van der Waals surface area contributed by atoms with Crippen molar-refractivity contribution in [3.05, 3.63) is 34.5 Å². The van der Waals surface area contributed by atoms with Crippen LogP contribution in [0, 0.1) is 5.82 Å². The molecule has 1 aliphatic rings. The Labute approximate surface area is 160 Å². The highest BCUT2D eigenvalue weighted by atomic mass is 32.1. The fourth-order valence-electron chi connectivity index (χ4n) is 3.42. The van der Waals surface area contributed by atoms with Crippen LogP contribution in [0.1, 0.15) is 34.5 Å². The number of carbonyl (C=O) groups excluding carboxylic acids is 1. The molecular weight excluding hydrogens is 373 g/mol. The van der Waals surface area contributed by atoms with Crippen molar-refractivity contribution in [2.24, 2.45) is 0 Å². The van der Waals surface area contributed by atoms with E-state index in [4.69, 9.17) is 14.6 Å². The van der Waals surface area contributed by atoms with Gasteiger partial charge in [0.15, 0.2) is 0 Å². The van der Waals surface area contributed by atoms with Crippen LogP contribution in [0.15, 0.2) is 18.2 Å². The molecule has 0 unspecified atom stereocenters. The third kappa shape index (κ3) is 4.28. The second kappa shape index (κ2) is 8.77. The number of carbonyl (C=O) groups is 2. The first-order valence-corrected chi connectivity index (χ1v) is 9.64. The van der Waals surface area contributed by atoms with Gasteiger partial charge in [0.25, 0.3) is 5.91 Å². The van der Waals surface area contributed by atoms with E-state index < -0.39 is 11.8 Å². The summed E-state index contributed by atoms with van der Waals surface area (Å²) in [4.78, 5) is 26.4. The molecule has 2 aromatic rings. The van der Waals surface area contributed by atoms with E-state index >= 15 is 0 Å². The van der Waals surface area contributed by atoms with E-state index in [0.29, 0.717) is 46.6 Å². The van der Waals surface area contributed by atoms with Crippen LogP contribution in [0.3, 0.4) is 0 Å². The molecule has 1 aliphatic heterocycles. The zero-order valence-electron chi connectivity index (χ0n) is 15.1. The quantitative estimate of drug-likeness (QED) is 0.779. The highest BCUT2D eigenvalue weighted by Gasteiger charge is 2.30. The number of fused-ring (bicyclic) bond motifs is 1. The van der Waals surface area contributed by atoms with Crippen molar-refractivity contribution in [2.75, 3.05) is 26.9 Å². The first kappa shape index (κ1) is 19.7. The minimum atomic E-state index is -0.959. The lowest BCUT2D eigenvalue weighted by Crippen LogP contribution is -2.44. The normalized spacial score (nSPS) is 15.2. The van der Waals surface area contributed by atoms with Gasteiger partial charge in [0.1, 0.15) is 5.82 Å². The molecule has 3 rings (SSSR count). The topological polar surface area (TPSA) is 76.1 Å². The lowest BCUT2D eigenvalue weighted by atomic mass is 10.0. The summed E-state index contributed by atoms with van der Waals surface area (Å²) in [6.07, 6.45) is 1.18. The summed E-state index contributed by atoms with van der Waals surface area (Å²) in [7, 11) is 1.50. The standard InChI is InChI=1S/C19H22FNO5S/c1-25-11-13-17-14(20)3-2-4-15(17)27-18(13)19(24)21(8-5-16(22)23)12-6-9-26-10-7-12/h2-4,12H,5-11H2,1H3,(H,22,23). The predicted molar refractivity (Wildman–Crippen MR) is 99.6 cm³/mol. The molecule has 0 saturated carbocycles. The van der Waals surface area contributed by atoms with Crippen molar-refractivity contribution in [1.29, 1.82) is 0 Å². The Kier molecular flexibility index (Phi) is 6.41. The predicted octanol–water partition coefficient (Wildman–Crippen LogP) is 3.28. The van der Waals surface area contributed by atoms with E-state index in [-0.39, 0.29) is 31.5 Å². The molecule has 0 aliphatic carbocycles. The Morgan fingerprint density at radius 2 is 2.11 bits per heavy atom. The van der Waals surface area contributed by atoms with E-state index in [9.17, 15) is 14.0 Å². The molecule has 0 radical (unpaired) electrons. The molecule has 2 heterocycles. The molecule has 0 spiro atoms. The van der Waals surface area contributed by atoms with Gasteiger partial charge in [-0.25, -0.2) is 4.39 Å². The fourth-order valence-corrected chi connectivity index (χ4v) is 4.59. The smallest absolute Gasteiger partial charge is 0.305 e. The monoisotopic (exact) mass is 395 g/mol. The Hall–Kier alpha value is -2.03. The number of amides is 1. The molecule has 1 saturated heterocycles. The summed E-state index contributed by atoms with van der Waals surface area (Å²) in [6.45, 7) is 1.30. The number of ether oxygens (including phenoxy) is 2. The first-order valence-electron chi connectivity index (χ1n) is 8.82. The van der Waals surface area contributed by atoms with Crippen LogP contribution >= 0.6 is 11.3 Å². The van der Waals surface area contributed by atoms with Gasteiger partial charge in [-0.05, 0) is 25.0 Å². The lowest BCUT2D eigenvalue weighted by Gasteiger charge is -2.34. The SMILES string of the molecule is COCc1c(C(=O)N(CCC(=O)O)C2CCOCC2)sc2cccc(F)c12. The number of halogens is 1. The van der Waals surface area contributed by atoms with E-state index in [2.05, 4.69) is 0 Å². The largest absolute Gasteiger partial charge is 0.481 e. The van der Waals surface area contributed by atoms with Gasteiger partial charge in [-0.1, -0.05) is 6.07 Å². The molecule has 0 bridgehead atoms. The zero-order valence-corrected chi connectivity index (χ0v) is 15.9. The third-order valence-electron chi connectivity index (χ3n) is 4.71. The van der Waals surface area contributed by atoms with Crippen LogP contribution < -0.4 is 0 Å². The number of aliphatic carboxylic acids is 1. The minimum absolute atomic E-state index is 0.0870. The van der Waals surface area contributed by atoms with Gasteiger partial charge in [0.2, 0.25) is 0 Å². The maximum Gasteiger partial charge on any atom is 0.305 e. The zero-order chi connectivity index (χ0) is 19.4. The van der Waals surface area contributed by atoms with Crippen LogP contribution in [-0.2, 0) is 20.9 Å². The van der Waals surface area contributed by atoms with Crippen LogP contribution in [0.2, 0.25) is 0 Å². The summed E-state index contributed by atoms with van der Waals surface area (Å²) < 4.78 is 25.6. The van der Waals surface area contributed by atoms with Crippen molar-refractivity contribution in [3.8, 4) is 0 Å². The molecule has 1 N–H and O–H groups in total. The second-order valence-electron chi connectivity index (χ2n) is 6.44. The summed E-state index contributed by atoms with van der Waals surface area (Å²) >= 11 is 1.22. The minimum Gasteiger partial charge on any atom is -0.481 e. The van der Waals surface area contributed by atoms with Crippen LogP contribution in [-0.4, -0.2) is 54.8 Å². The third-order valence-corrected chi connectivity index (χ3v) is 5.89. The van der Waals surface area contributed by atoms with E-state index in [1.165, 1.54) is 24.5 Å². The molecule has 1 aromatic carbocycles. The Balaban J connectivity index is 2.00. The molecule has 1 amide bonds. The molecular formula is C19H22FNO5S. The van der Waals surface area contributed by atoms with Crippen molar-refractivity contribution >= 4 is 33.3 Å². The molecule has 1 fully saturated rings. The summed E-state index contributed by atoms with van der Waals surface area (Å²) in [5.41, 5.74) is 0.521.